The number of para-hydroxylation sites is 1. The summed E-state index contributed by atoms with van der Waals surface area (Å²) in [6, 6.07) is 15.0. The van der Waals surface area contributed by atoms with E-state index in [2.05, 4.69) is 22.5 Å². The molecule has 2 amide bonds. The topological polar surface area (TPSA) is 41.1 Å². The molecule has 100 valence electrons. The molecule has 0 saturated heterocycles. The van der Waals surface area contributed by atoms with Gasteiger partial charge < -0.3 is 10.6 Å². The van der Waals surface area contributed by atoms with Crippen LogP contribution in [0.5, 0.6) is 0 Å². The zero-order valence-electron chi connectivity index (χ0n) is 10.7. The summed E-state index contributed by atoms with van der Waals surface area (Å²) >= 11 is 0. The zero-order chi connectivity index (χ0) is 14.2. The average molecular weight is 268 g/mol. The molecule has 0 atom stereocenters. The van der Waals surface area contributed by atoms with Crippen molar-refractivity contribution in [1.29, 1.82) is 0 Å². The van der Waals surface area contributed by atoms with Crippen molar-refractivity contribution < 1.29 is 9.18 Å². The lowest BCUT2D eigenvalue weighted by atomic mass is 10.2. The first-order valence-corrected chi connectivity index (χ1v) is 6.09. The Balaban J connectivity index is 1.82. The van der Waals surface area contributed by atoms with Gasteiger partial charge in [0.25, 0.3) is 0 Å². The molecule has 0 fully saturated rings. The molecule has 2 aromatic carbocycles. The van der Waals surface area contributed by atoms with Gasteiger partial charge in [0.2, 0.25) is 0 Å². The van der Waals surface area contributed by atoms with Gasteiger partial charge in [-0.15, -0.1) is 0 Å². The monoisotopic (exact) mass is 268 g/mol. The van der Waals surface area contributed by atoms with Crippen molar-refractivity contribution in [2.75, 3.05) is 11.9 Å². The second-order valence-corrected chi connectivity index (χ2v) is 3.96. The molecule has 0 saturated carbocycles. The van der Waals surface area contributed by atoms with Gasteiger partial charge in [-0.3, -0.25) is 0 Å². The van der Waals surface area contributed by atoms with Crippen LogP contribution < -0.4 is 10.6 Å². The van der Waals surface area contributed by atoms with Crippen molar-refractivity contribution in [2.45, 2.75) is 0 Å². The largest absolute Gasteiger partial charge is 0.327 e. The van der Waals surface area contributed by atoms with Crippen LogP contribution in [-0.2, 0) is 0 Å². The van der Waals surface area contributed by atoms with Gasteiger partial charge >= 0.3 is 6.03 Å². The first-order valence-electron chi connectivity index (χ1n) is 6.09. The number of hydrogen-bond acceptors (Lipinski definition) is 1. The van der Waals surface area contributed by atoms with Crippen molar-refractivity contribution in [3.05, 3.63) is 66.0 Å². The van der Waals surface area contributed by atoms with Crippen LogP contribution in [0.4, 0.5) is 14.9 Å². The molecule has 0 radical (unpaired) electrons. The third-order valence-corrected chi connectivity index (χ3v) is 2.47. The van der Waals surface area contributed by atoms with E-state index in [1.807, 2.05) is 18.2 Å². The SMILES string of the molecule is O=C(NCC#Cc1ccccc1F)Nc1ccccc1. The average Bonchev–Trinajstić information content (AvgIpc) is 2.46. The number of halogens is 1. The van der Waals surface area contributed by atoms with Gasteiger partial charge in [-0.2, -0.15) is 0 Å². The summed E-state index contributed by atoms with van der Waals surface area (Å²) in [6.45, 7) is 0.146. The van der Waals surface area contributed by atoms with Crippen LogP contribution in [0.2, 0.25) is 0 Å². The van der Waals surface area contributed by atoms with E-state index in [1.165, 1.54) is 6.07 Å². The van der Waals surface area contributed by atoms with Gasteiger partial charge in [-0.25, -0.2) is 9.18 Å². The lowest BCUT2D eigenvalue weighted by Crippen LogP contribution is -2.28. The second kappa shape index (κ2) is 6.95. The van der Waals surface area contributed by atoms with E-state index in [0.717, 1.165) is 0 Å². The van der Waals surface area contributed by atoms with Gasteiger partial charge in [-0.05, 0) is 24.3 Å². The fourth-order valence-electron chi connectivity index (χ4n) is 1.52. The van der Waals surface area contributed by atoms with Crippen LogP contribution in [0.15, 0.2) is 54.6 Å². The summed E-state index contributed by atoms with van der Waals surface area (Å²) in [5.41, 5.74) is 1.02. The van der Waals surface area contributed by atoms with E-state index in [9.17, 15) is 9.18 Å². The quantitative estimate of drug-likeness (QED) is 0.808. The standard InChI is InChI=1S/C16H13FN2O/c17-15-11-5-4-7-13(15)8-6-12-18-16(20)19-14-9-2-1-3-10-14/h1-5,7,9-11H,12H2,(H2,18,19,20). The predicted octanol–water partition coefficient (Wildman–Crippen LogP) is 3.00. The highest BCUT2D eigenvalue weighted by molar-refractivity contribution is 5.89. The molecule has 2 aromatic rings. The molecule has 0 aliphatic heterocycles. The highest BCUT2D eigenvalue weighted by Crippen LogP contribution is 2.04. The maximum atomic E-state index is 13.3. The Kier molecular flexibility index (Phi) is 4.74. The van der Waals surface area contributed by atoms with Crippen molar-refractivity contribution in [3.8, 4) is 11.8 Å². The Bertz CT molecular complexity index is 644. The normalized spacial score (nSPS) is 9.25. The molecule has 20 heavy (non-hydrogen) atoms. The predicted molar refractivity (Wildman–Crippen MR) is 76.7 cm³/mol. The van der Waals surface area contributed by atoms with Crippen molar-refractivity contribution in [2.24, 2.45) is 0 Å². The Morgan fingerprint density at radius 2 is 1.75 bits per heavy atom. The minimum Gasteiger partial charge on any atom is -0.327 e. The fourth-order valence-corrected chi connectivity index (χ4v) is 1.52. The molecule has 0 heterocycles. The first-order chi connectivity index (χ1) is 9.75. The van der Waals surface area contributed by atoms with E-state index in [0.29, 0.717) is 11.3 Å². The van der Waals surface area contributed by atoms with E-state index in [4.69, 9.17) is 0 Å². The first kappa shape index (κ1) is 13.6. The number of nitrogens with one attached hydrogen (secondary N) is 2. The van der Waals surface area contributed by atoms with Crippen LogP contribution in [0, 0.1) is 17.7 Å². The molecule has 2 rings (SSSR count). The van der Waals surface area contributed by atoms with Gasteiger partial charge in [0, 0.05) is 5.69 Å². The lowest BCUT2D eigenvalue weighted by Gasteiger charge is -2.04. The molecule has 0 aliphatic carbocycles. The molecule has 4 heteroatoms. The summed E-state index contributed by atoms with van der Waals surface area (Å²) in [5, 5.41) is 5.23. The van der Waals surface area contributed by atoms with Gasteiger partial charge in [0.15, 0.2) is 0 Å². The number of rotatable bonds is 2. The van der Waals surface area contributed by atoms with Crippen molar-refractivity contribution in [1.82, 2.24) is 5.32 Å². The Morgan fingerprint density at radius 1 is 1.05 bits per heavy atom. The summed E-state index contributed by atoms with van der Waals surface area (Å²) in [4.78, 5) is 11.5. The molecule has 0 aliphatic rings. The summed E-state index contributed by atoms with van der Waals surface area (Å²) < 4.78 is 13.3. The molecule has 0 unspecified atom stereocenters. The van der Waals surface area contributed by atoms with Gasteiger partial charge in [0.1, 0.15) is 5.82 Å². The van der Waals surface area contributed by atoms with Crippen LogP contribution in [-0.4, -0.2) is 12.6 Å². The Hall–Kier alpha value is -2.80. The Labute approximate surface area is 116 Å². The highest BCUT2D eigenvalue weighted by Gasteiger charge is 1.98. The zero-order valence-corrected chi connectivity index (χ0v) is 10.7. The third kappa shape index (κ3) is 4.14. The molecule has 0 spiro atoms. The molecule has 3 nitrogen and oxygen atoms in total. The summed E-state index contributed by atoms with van der Waals surface area (Å²) in [6.07, 6.45) is 0. The number of anilines is 1. The fraction of sp³-hybridized carbons (Fsp3) is 0.0625. The van der Waals surface area contributed by atoms with Crippen molar-refractivity contribution in [3.63, 3.8) is 0 Å². The van der Waals surface area contributed by atoms with E-state index in [1.54, 1.807) is 30.3 Å². The smallest absolute Gasteiger partial charge is 0.319 e. The third-order valence-electron chi connectivity index (χ3n) is 2.47. The summed E-state index contributed by atoms with van der Waals surface area (Å²) in [5.74, 6) is 4.99. The van der Waals surface area contributed by atoms with Crippen LogP contribution in [0.25, 0.3) is 0 Å². The molecular weight excluding hydrogens is 255 g/mol. The minimum atomic E-state index is -0.367. The number of hydrogen-bond donors (Lipinski definition) is 2. The van der Waals surface area contributed by atoms with Crippen molar-refractivity contribution >= 4 is 11.7 Å². The second-order valence-electron chi connectivity index (χ2n) is 3.96. The number of amides is 2. The van der Waals surface area contributed by atoms with Crippen LogP contribution in [0.1, 0.15) is 5.56 Å². The van der Waals surface area contributed by atoms with Crippen LogP contribution >= 0.6 is 0 Å². The van der Waals surface area contributed by atoms with Gasteiger partial charge in [0.05, 0.1) is 12.1 Å². The number of carbonyl (C=O) groups excluding carboxylic acids is 1. The number of carbonyl (C=O) groups is 1. The van der Waals surface area contributed by atoms with E-state index >= 15 is 0 Å². The molecular formula is C16H13FN2O. The molecule has 2 N–H and O–H groups in total. The minimum absolute atomic E-state index is 0.146. The number of urea groups is 1. The maximum Gasteiger partial charge on any atom is 0.319 e. The maximum absolute atomic E-state index is 13.3. The van der Waals surface area contributed by atoms with E-state index in [-0.39, 0.29) is 18.4 Å². The lowest BCUT2D eigenvalue weighted by molar-refractivity contribution is 0.253. The highest BCUT2D eigenvalue weighted by atomic mass is 19.1. The number of benzene rings is 2. The van der Waals surface area contributed by atoms with E-state index < -0.39 is 0 Å². The van der Waals surface area contributed by atoms with Crippen LogP contribution in [0.3, 0.4) is 0 Å². The Morgan fingerprint density at radius 3 is 2.50 bits per heavy atom. The van der Waals surface area contributed by atoms with Gasteiger partial charge in [-0.1, -0.05) is 42.2 Å². The summed E-state index contributed by atoms with van der Waals surface area (Å²) in [7, 11) is 0. The molecule has 0 aromatic heterocycles. The molecule has 0 bridgehead atoms.